The monoisotopic (exact) mass is 332 g/mol. The van der Waals surface area contributed by atoms with Gasteiger partial charge in [-0.15, -0.1) is 0 Å². The average Bonchev–Trinajstić information content (AvgIpc) is 2.62. The van der Waals surface area contributed by atoms with E-state index >= 15 is 0 Å². The molecule has 2 aromatic carbocycles. The predicted molar refractivity (Wildman–Crippen MR) is 102 cm³/mol. The van der Waals surface area contributed by atoms with Crippen LogP contribution in [0.15, 0.2) is 60.8 Å². The molecule has 0 unspecified atom stereocenters. The van der Waals surface area contributed by atoms with Crippen molar-refractivity contribution in [3.63, 3.8) is 0 Å². The fourth-order valence-electron chi connectivity index (χ4n) is 2.67. The summed E-state index contributed by atoms with van der Waals surface area (Å²) in [6, 6.07) is 17.3. The molecule has 126 valence electrons. The molecule has 0 radical (unpaired) electrons. The molecular weight excluding hydrogens is 312 g/mol. The Hall–Kier alpha value is -3.34. The molecule has 1 amide bonds. The van der Waals surface area contributed by atoms with E-state index in [4.69, 9.17) is 11.5 Å². The van der Waals surface area contributed by atoms with Crippen molar-refractivity contribution in [1.82, 2.24) is 4.98 Å². The molecule has 0 aliphatic rings. The SMILES string of the molecule is CN(C)c1cccc(-c2cc(-c3cccc(C(N)=O)c3)cnc2N)c1. The molecule has 3 rings (SSSR count). The van der Waals surface area contributed by atoms with Gasteiger partial charge in [0.1, 0.15) is 5.82 Å². The average molecular weight is 332 g/mol. The van der Waals surface area contributed by atoms with Crippen LogP contribution in [0.1, 0.15) is 10.4 Å². The van der Waals surface area contributed by atoms with Crippen molar-refractivity contribution in [2.24, 2.45) is 5.73 Å². The van der Waals surface area contributed by atoms with Crippen LogP contribution >= 0.6 is 0 Å². The fourth-order valence-corrected chi connectivity index (χ4v) is 2.67. The van der Waals surface area contributed by atoms with Crippen LogP contribution in [0.5, 0.6) is 0 Å². The van der Waals surface area contributed by atoms with Crippen LogP contribution in [0.25, 0.3) is 22.3 Å². The number of nitrogens with two attached hydrogens (primary N) is 2. The predicted octanol–water partition coefficient (Wildman–Crippen LogP) is 3.16. The molecule has 0 aliphatic carbocycles. The van der Waals surface area contributed by atoms with Gasteiger partial charge in [-0.1, -0.05) is 24.3 Å². The lowest BCUT2D eigenvalue weighted by atomic mass is 9.99. The van der Waals surface area contributed by atoms with Crippen LogP contribution in [0.4, 0.5) is 11.5 Å². The maximum atomic E-state index is 11.4. The number of hydrogen-bond donors (Lipinski definition) is 2. The quantitative estimate of drug-likeness (QED) is 0.768. The van der Waals surface area contributed by atoms with E-state index in [1.54, 1.807) is 24.4 Å². The maximum absolute atomic E-state index is 11.4. The number of nitrogen functional groups attached to an aromatic ring is 1. The Balaban J connectivity index is 2.09. The Kier molecular flexibility index (Phi) is 4.39. The van der Waals surface area contributed by atoms with Gasteiger partial charge in [0.25, 0.3) is 0 Å². The number of carbonyl (C=O) groups excluding carboxylic acids is 1. The molecule has 0 bridgehead atoms. The minimum absolute atomic E-state index is 0.454. The molecule has 0 fully saturated rings. The Morgan fingerprint density at radius 2 is 1.68 bits per heavy atom. The minimum atomic E-state index is -0.454. The highest BCUT2D eigenvalue weighted by Gasteiger charge is 2.10. The Labute approximate surface area is 146 Å². The van der Waals surface area contributed by atoms with Crippen LogP contribution in [-0.4, -0.2) is 25.0 Å². The third-order valence-corrected chi connectivity index (χ3v) is 4.07. The van der Waals surface area contributed by atoms with Crippen molar-refractivity contribution < 1.29 is 4.79 Å². The number of carbonyl (C=O) groups is 1. The van der Waals surface area contributed by atoms with Gasteiger partial charge >= 0.3 is 0 Å². The summed E-state index contributed by atoms with van der Waals surface area (Å²) in [5.41, 5.74) is 16.6. The van der Waals surface area contributed by atoms with Crippen molar-refractivity contribution in [3.8, 4) is 22.3 Å². The first-order valence-electron chi connectivity index (χ1n) is 7.89. The van der Waals surface area contributed by atoms with E-state index in [2.05, 4.69) is 11.1 Å². The van der Waals surface area contributed by atoms with Gasteiger partial charge in [0.2, 0.25) is 5.91 Å². The van der Waals surface area contributed by atoms with Crippen LogP contribution in [-0.2, 0) is 0 Å². The van der Waals surface area contributed by atoms with Crippen molar-refractivity contribution in [2.45, 2.75) is 0 Å². The summed E-state index contributed by atoms with van der Waals surface area (Å²) in [6.07, 6.45) is 1.70. The van der Waals surface area contributed by atoms with E-state index in [-0.39, 0.29) is 0 Å². The highest BCUT2D eigenvalue weighted by atomic mass is 16.1. The summed E-state index contributed by atoms with van der Waals surface area (Å²) in [5, 5.41) is 0. The molecule has 0 spiro atoms. The lowest BCUT2D eigenvalue weighted by Gasteiger charge is -2.15. The third-order valence-electron chi connectivity index (χ3n) is 4.07. The molecule has 5 nitrogen and oxygen atoms in total. The molecular formula is C20H20N4O. The van der Waals surface area contributed by atoms with E-state index in [0.717, 1.165) is 27.9 Å². The molecule has 0 saturated carbocycles. The zero-order chi connectivity index (χ0) is 18.0. The van der Waals surface area contributed by atoms with Crippen LogP contribution in [0, 0.1) is 0 Å². The van der Waals surface area contributed by atoms with Crippen molar-refractivity contribution >= 4 is 17.4 Å². The Morgan fingerprint density at radius 3 is 2.40 bits per heavy atom. The smallest absolute Gasteiger partial charge is 0.248 e. The van der Waals surface area contributed by atoms with Crippen LogP contribution in [0.2, 0.25) is 0 Å². The van der Waals surface area contributed by atoms with E-state index in [9.17, 15) is 4.79 Å². The number of primary amides is 1. The standard InChI is InChI=1S/C20H20N4O/c1-24(2)17-8-4-6-14(10-17)18-11-16(12-23-19(18)21)13-5-3-7-15(9-13)20(22)25/h3-12H,1-2H3,(H2,21,23)(H2,22,25). The van der Waals surface area contributed by atoms with Gasteiger partial charge in [0, 0.05) is 42.7 Å². The number of anilines is 2. The minimum Gasteiger partial charge on any atom is -0.383 e. The van der Waals surface area contributed by atoms with Gasteiger partial charge in [-0.2, -0.15) is 0 Å². The summed E-state index contributed by atoms with van der Waals surface area (Å²) < 4.78 is 0. The van der Waals surface area contributed by atoms with Gasteiger partial charge in [-0.3, -0.25) is 4.79 Å². The second-order valence-corrected chi connectivity index (χ2v) is 6.05. The molecule has 0 saturated heterocycles. The lowest BCUT2D eigenvalue weighted by molar-refractivity contribution is 0.100. The first-order chi connectivity index (χ1) is 12.0. The summed E-state index contributed by atoms with van der Waals surface area (Å²) in [5.74, 6) is 0.00914. The second kappa shape index (κ2) is 6.65. The molecule has 4 N–H and O–H groups in total. The first kappa shape index (κ1) is 16.5. The molecule has 5 heteroatoms. The highest BCUT2D eigenvalue weighted by Crippen LogP contribution is 2.31. The molecule has 1 aromatic heterocycles. The molecule has 0 aliphatic heterocycles. The number of amides is 1. The van der Waals surface area contributed by atoms with Gasteiger partial charge in [-0.05, 0) is 41.5 Å². The summed E-state index contributed by atoms with van der Waals surface area (Å²) in [6.45, 7) is 0. The number of hydrogen-bond acceptors (Lipinski definition) is 4. The zero-order valence-corrected chi connectivity index (χ0v) is 14.2. The Bertz CT molecular complexity index is 934. The fraction of sp³-hybridized carbons (Fsp3) is 0.100. The normalized spacial score (nSPS) is 10.5. The first-order valence-corrected chi connectivity index (χ1v) is 7.89. The maximum Gasteiger partial charge on any atom is 0.248 e. The van der Waals surface area contributed by atoms with E-state index < -0.39 is 5.91 Å². The van der Waals surface area contributed by atoms with E-state index in [0.29, 0.717) is 11.4 Å². The van der Waals surface area contributed by atoms with Gasteiger partial charge in [0.15, 0.2) is 0 Å². The lowest BCUT2D eigenvalue weighted by Crippen LogP contribution is -2.10. The number of rotatable bonds is 4. The number of pyridine rings is 1. The van der Waals surface area contributed by atoms with Crippen molar-refractivity contribution in [3.05, 3.63) is 66.4 Å². The van der Waals surface area contributed by atoms with Crippen LogP contribution in [0.3, 0.4) is 0 Å². The summed E-state index contributed by atoms with van der Waals surface area (Å²) >= 11 is 0. The van der Waals surface area contributed by atoms with Gasteiger partial charge in [0.05, 0.1) is 0 Å². The topological polar surface area (TPSA) is 85.2 Å². The molecule has 3 aromatic rings. The molecule has 1 heterocycles. The summed E-state index contributed by atoms with van der Waals surface area (Å²) in [7, 11) is 3.99. The Morgan fingerprint density at radius 1 is 0.960 bits per heavy atom. The van der Waals surface area contributed by atoms with Crippen molar-refractivity contribution in [1.29, 1.82) is 0 Å². The molecule has 0 atom stereocenters. The zero-order valence-electron chi connectivity index (χ0n) is 14.2. The van der Waals surface area contributed by atoms with E-state index in [1.807, 2.05) is 49.3 Å². The van der Waals surface area contributed by atoms with Gasteiger partial charge < -0.3 is 16.4 Å². The largest absolute Gasteiger partial charge is 0.383 e. The number of nitrogens with zero attached hydrogens (tertiary/aromatic N) is 2. The molecule has 25 heavy (non-hydrogen) atoms. The van der Waals surface area contributed by atoms with Crippen molar-refractivity contribution in [2.75, 3.05) is 24.7 Å². The van der Waals surface area contributed by atoms with E-state index in [1.165, 1.54) is 0 Å². The summed E-state index contributed by atoms with van der Waals surface area (Å²) in [4.78, 5) is 17.8. The van der Waals surface area contributed by atoms with Gasteiger partial charge in [-0.25, -0.2) is 4.98 Å². The third kappa shape index (κ3) is 3.45. The van der Waals surface area contributed by atoms with Crippen LogP contribution < -0.4 is 16.4 Å². The number of benzene rings is 2. The second-order valence-electron chi connectivity index (χ2n) is 6.05. The highest BCUT2D eigenvalue weighted by molar-refractivity contribution is 5.94. The number of aromatic nitrogens is 1.